The first kappa shape index (κ1) is 13.9. The Hall–Kier alpha value is -0.120. The van der Waals surface area contributed by atoms with Crippen LogP contribution >= 0.6 is 0 Å². The molecule has 0 bridgehead atoms. The van der Waals surface area contributed by atoms with E-state index in [4.69, 9.17) is 0 Å². The topological polar surface area (TPSA) is 44.3 Å². The van der Waals surface area contributed by atoms with Crippen molar-refractivity contribution in [2.45, 2.75) is 58.7 Å². The minimum absolute atomic E-state index is 0.198. The average Bonchev–Trinajstić information content (AvgIpc) is 2.26. The Morgan fingerprint density at radius 2 is 1.88 bits per heavy atom. The molecule has 3 N–H and O–H groups in total. The summed E-state index contributed by atoms with van der Waals surface area (Å²) in [6.07, 6.45) is 2.00. The van der Waals surface area contributed by atoms with E-state index in [-0.39, 0.29) is 6.10 Å². The van der Waals surface area contributed by atoms with Crippen molar-refractivity contribution < 1.29 is 5.11 Å². The van der Waals surface area contributed by atoms with Gasteiger partial charge in [-0.1, -0.05) is 26.7 Å². The van der Waals surface area contributed by atoms with Gasteiger partial charge in [-0.25, -0.2) is 0 Å². The van der Waals surface area contributed by atoms with Crippen molar-refractivity contribution in [1.82, 2.24) is 10.6 Å². The first-order chi connectivity index (χ1) is 7.60. The molecule has 1 rings (SSSR count). The van der Waals surface area contributed by atoms with Gasteiger partial charge in [0.05, 0.1) is 6.10 Å². The SMILES string of the molecule is CCC(C(C)O)C(CC)C1CNC(C)CN1. The van der Waals surface area contributed by atoms with Crippen LogP contribution in [0.15, 0.2) is 0 Å². The zero-order valence-corrected chi connectivity index (χ0v) is 11.2. The third-order valence-corrected chi connectivity index (χ3v) is 4.00. The van der Waals surface area contributed by atoms with Gasteiger partial charge in [-0.2, -0.15) is 0 Å². The quantitative estimate of drug-likeness (QED) is 0.666. The molecule has 0 saturated carbocycles. The number of aliphatic hydroxyl groups excluding tert-OH is 1. The molecule has 3 nitrogen and oxygen atoms in total. The van der Waals surface area contributed by atoms with Crippen LogP contribution in [0.4, 0.5) is 0 Å². The highest BCUT2D eigenvalue weighted by atomic mass is 16.3. The van der Waals surface area contributed by atoms with E-state index in [1.54, 1.807) is 0 Å². The predicted octanol–water partition coefficient (Wildman–Crippen LogP) is 1.37. The van der Waals surface area contributed by atoms with Crippen molar-refractivity contribution in [2.24, 2.45) is 11.8 Å². The summed E-state index contributed by atoms with van der Waals surface area (Å²) in [5, 5.41) is 17.0. The Bertz CT molecular complexity index is 188. The maximum atomic E-state index is 9.85. The molecule has 5 unspecified atom stereocenters. The summed E-state index contributed by atoms with van der Waals surface area (Å²) in [4.78, 5) is 0. The van der Waals surface area contributed by atoms with E-state index in [1.807, 2.05) is 6.92 Å². The van der Waals surface area contributed by atoms with Crippen molar-refractivity contribution >= 4 is 0 Å². The minimum Gasteiger partial charge on any atom is -0.393 e. The number of aliphatic hydroxyl groups is 1. The zero-order chi connectivity index (χ0) is 12.1. The van der Waals surface area contributed by atoms with Crippen LogP contribution < -0.4 is 10.6 Å². The molecule has 1 saturated heterocycles. The van der Waals surface area contributed by atoms with Crippen LogP contribution in [0.3, 0.4) is 0 Å². The largest absolute Gasteiger partial charge is 0.393 e. The summed E-state index contributed by atoms with van der Waals surface area (Å²) in [5.74, 6) is 0.989. The number of nitrogens with one attached hydrogen (secondary N) is 2. The van der Waals surface area contributed by atoms with Gasteiger partial charge < -0.3 is 15.7 Å². The Balaban J connectivity index is 2.58. The normalized spacial score (nSPS) is 32.1. The van der Waals surface area contributed by atoms with Crippen LogP contribution in [-0.2, 0) is 0 Å². The summed E-state index contributed by atoms with van der Waals surface area (Å²) in [6.45, 7) is 10.6. The van der Waals surface area contributed by atoms with Crippen LogP contribution in [-0.4, -0.2) is 36.4 Å². The van der Waals surface area contributed by atoms with Crippen molar-refractivity contribution in [3.8, 4) is 0 Å². The molecule has 1 fully saturated rings. The monoisotopic (exact) mass is 228 g/mol. The minimum atomic E-state index is -0.198. The average molecular weight is 228 g/mol. The van der Waals surface area contributed by atoms with Gasteiger partial charge in [-0.3, -0.25) is 0 Å². The summed E-state index contributed by atoms with van der Waals surface area (Å²) >= 11 is 0. The van der Waals surface area contributed by atoms with E-state index >= 15 is 0 Å². The molecule has 16 heavy (non-hydrogen) atoms. The summed E-state index contributed by atoms with van der Waals surface area (Å²) in [5.41, 5.74) is 0. The zero-order valence-electron chi connectivity index (χ0n) is 11.2. The van der Waals surface area contributed by atoms with Gasteiger partial charge in [0.2, 0.25) is 0 Å². The Labute approximate surface area is 100 Å². The van der Waals surface area contributed by atoms with E-state index < -0.39 is 0 Å². The van der Waals surface area contributed by atoms with Crippen LogP contribution in [0.5, 0.6) is 0 Å². The second-order valence-corrected chi connectivity index (χ2v) is 5.21. The maximum absolute atomic E-state index is 9.85. The smallest absolute Gasteiger partial charge is 0.0543 e. The molecule has 5 atom stereocenters. The molecule has 0 amide bonds. The van der Waals surface area contributed by atoms with Crippen LogP contribution in [0.1, 0.15) is 40.5 Å². The van der Waals surface area contributed by atoms with E-state index in [9.17, 15) is 5.11 Å². The third-order valence-electron chi connectivity index (χ3n) is 4.00. The van der Waals surface area contributed by atoms with Gasteiger partial charge in [-0.05, 0) is 25.7 Å². The standard InChI is InChI=1S/C13H28N2O/c1-5-11(10(4)16)12(6-2)13-8-14-9(3)7-15-13/h9-16H,5-8H2,1-4H3. The van der Waals surface area contributed by atoms with Crippen molar-refractivity contribution in [3.05, 3.63) is 0 Å². The van der Waals surface area contributed by atoms with E-state index in [1.165, 1.54) is 0 Å². The molecule has 96 valence electrons. The van der Waals surface area contributed by atoms with Gasteiger partial charge in [0.15, 0.2) is 0 Å². The number of hydrogen-bond donors (Lipinski definition) is 3. The molecule has 1 aliphatic heterocycles. The lowest BCUT2D eigenvalue weighted by atomic mass is 9.78. The van der Waals surface area contributed by atoms with Crippen molar-refractivity contribution in [3.63, 3.8) is 0 Å². The van der Waals surface area contributed by atoms with Gasteiger partial charge in [0, 0.05) is 25.2 Å². The van der Waals surface area contributed by atoms with Crippen molar-refractivity contribution in [1.29, 1.82) is 0 Å². The van der Waals surface area contributed by atoms with E-state index in [0.29, 0.717) is 23.9 Å². The van der Waals surface area contributed by atoms with Gasteiger partial charge >= 0.3 is 0 Å². The van der Waals surface area contributed by atoms with Crippen LogP contribution in [0.25, 0.3) is 0 Å². The Morgan fingerprint density at radius 1 is 1.19 bits per heavy atom. The lowest BCUT2D eigenvalue weighted by molar-refractivity contribution is 0.0624. The third kappa shape index (κ3) is 3.44. The summed E-state index contributed by atoms with van der Waals surface area (Å²) in [7, 11) is 0. The molecule has 0 spiro atoms. The molecule has 0 radical (unpaired) electrons. The van der Waals surface area contributed by atoms with Crippen LogP contribution in [0, 0.1) is 11.8 Å². The summed E-state index contributed by atoms with van der Waals surface area (Å²) in [6, 6.07) is 1.08. The first-order valence-electron chi connectivity index (χ1n) is 6.74. The molecular weight excluding hydrogens is 200 g/mol. The summed E-state index contributed by atoms with van der Waals surface area (Å²) < 4.78 is 0. The molecular formula is C13H28N2O. The highest BCUT2D eigenvalue weighted by molar-refractivity contribution is 4.89. The fourth-order valence-electron chi connectivity index (χ4n) is 2.99. The first-order valence-corrected chi connectivity index (χ1v) is 6.74. The van der Waals surface area contributed by atoms with E-state index in [2.05, 4.69) is 31.4 Å². The van der Waals surface area contributed by atoms with E-state index in [0.717, 1.165) is 25.9 Å². The van der Waals surface area contributed by atoms with Crippen molar-refractivity contribution in [2.75, 3.05) is 13.1 Å². The fraction of sp³-hybridized carbons (Fsp3) is 1.00. The maximum Gasteiger partial charge on any atom is 0.0543 e. The molecule has 1 aliphatic rings. The second-order valence-electron chi connectivity index (χ2n) is 5.21. The highest BCUT2D eigenvalue weighted by Crippen LogP contribution is 2.26. The fourth-order valence-corrected chi connectivity index (χ4v) is 2.99. The highest BCUT2D eigenvalue weighted by Gasteiger charge is 2.31. The number of rotatable bonds is 5. The van der Waals surface area contributed by atoms with Gasteiger partial charge in [-0.15, -0.1) is 0 Å². The number of hydrogen-bond acceptors (Lipinski definition) is 3. The lowest BCUT2D eigenvalue weighted by Gasteiger charge is -2.39. The number of piperazine rings is 1. The molecule has 0 aliphatic carbocycles. The Kier molecular flexibility index (Phi) is 5.73. The lowest BCUT2D eigenvalue weighted by Crippen LogP contribution is -2.57. The molecule has 0 aromatic heterocycles. The van der Waals surface area contributed by atoms with Crippen LogP contribution in [0.2, 0.25) is 0 Å². The molecule has 1 heterocycles. The predicted molar refractivity (Wildman–Crippen MR) is 68.5 cm³/mol. The molecule has 3 heteroatoms. The molecule has 0 aromatic rings. The Morgan fingerprint density at radius 3 is 2.25 bits per heavy atom. The second kappa shape index (κ2) is 6.58. The molecule has 0 aromatic carbocycles. The van der Waals surface area contributed by atoms with Gasteiger partial charge in [0.25, 0.3) is 0 Å². The van der Waals surface area contributed by atoms with Gasteiger partial charge in [0.1, 0.15) is 0 Å².